The standard InChI is InChI=1S/C20H29N3O2/c1-14(18-6-3-15(2)24-18)7-10-23-11-8-16(9-12-23)13-19-21-20(25-22-19)17-4-5-17/h3,6,14,16-17H,4-5,7-13H2,1-2H3/t14-/m0/s1. The van der Waals surface area contributed by atoms with Gasteiger partial charge >= 0.3 is 0 Å². The maximum Gasteiger partial charge on any atom is 0.229 e. The van der Waals surface area contributed by atoms with E-state index in [1.807, 2.05) is 6.92 Å². The highest BCUT2D eigenvalue weighted by Gasteiger charge is 2.30. The van der Waals surface area contributed by atoms with Crippen molar-refractivity contribution in [1.29, 1.82) is 0 Å². The van der Waals surface area contributed by atoms with Gasteiger partial charge in [0.15, 0.2) is 5.82 Å². The summed E-state index contributed by atoms with van der Waals surface area (Å²) in [5, 5.41) is 4.18. The summed E-state index contributed by atoms with van der Waals surface area (Å²) < 4.78 is 11.1. The third-order valence-electron chi connectivity index (χ3n) is 5.71. The summed E-state index contributed by atoms with van der Waals surface area (Å²) in [5.41, 5.74) is 0. The van der Waals surface area contributed by atoms with Crippen molar-refractivity contribution < 1.29 is 8.94 Å². The molecule has 2 fully saturated rings. The van der Waals surface area contributed by atoms with Crippen molar-refractivity contribution in [2.75, 3.05) is 19.6 Å². The van der Waals surface area contributed by atoms with Crippen LogP contribution >= 0.6 is 0 Å². The fraction of sp³-hybridized carbons (Fsp3) is 0.700. The highest BCUT2D eigenvalue weighted by Crippen LogP contribution is 2.39. The van der Waals surface area contributed by atoms with Gasteiger partial charge in [0.2, 0.25) is 5.89 Å². The summed E-state index contributed by atoms with van der Waals surface area (Å²) in [6.07, 6.45) is 7.05. The smallest absolute Gasteiger partial charge is 0.229 e. The lowest BCUT2D eigenvalue weighted by Crippen LogP contribution is -2.35. The van der Waals surface area contributed by atoms with Gasteiger partial charge in [-0.25, -0.2) is 0 Å². The molecule has 1 aliphatic heterocycles. The Kier molecular flexibility index (Phi) is 4.93. The Morgan fingerprint density at radius 2 is 2.00 bits per heavy atom. The number of aryl methyl sites for hydroxylation is 1. The Morgan fingerprint density at radius 3 is 2.68 bits per heavy atom. The minimum Gasteiger partial charge on any atom is -0.466 e. The Balaban J connectivity index is 1.18. The molecule has 0 aromatic carbocycles. The second-order valence-electron chi connectivity index (χ2n) is 7.95. The molecule has 0 bridgehead atoms. The number of aromatic nitrogens is 2. The first kappa shape index (κ1) is 16.8. The van der Waals surface area contributed by atoms with Gasteiger partial charge in [-0.15, -0.1) is 0 Å². The van der Waals surface area contributed by atoms with E-state index in [-0.39, 0.29) is 0 Å². The largest absolute Gasteiger partial charge is 0.466 e. The highest BCUT2D eigenvalue weighted by atomic mass is 16.5. The van der Waals surface area contributed by atoms with E-state index in [4.69, 9.17) is 8.94 Å². The fourth-order valence-electron chi connectivity index (χ4n) is 3.76. The van der Waals surface area contributed by atoms with Crippen LogP contribution in [0.15, 0.2) is 21.1 Å². The van der Waals surface area contributed by atoms with Crippen molar-refractivity contribution in [3.05, 3.63) is 35.4 Å². The molecule has 0 amide bonds. The van der Waals surface area contributed by atoms with Crippen molar-refractivity contribution in [2.45, 2.75) is 64.2 Å². The molecule has 0 unspecified atom stereocenters. The molecule has 1 saturated carbocycles. The van der Waals surface area contributed by atoms with Gasteiger partial charge in [-0.1, -0.05) is 12.1 Å². The van der Waals surface area contributed by atoms with Gasteiger partial charge in [0.1, 0.15) is 11.5 Å². The van der Waals surface area contributed by atoms with Crippen LogP contribution in [0.5, 0.6) is 0 Å². The van der Waals surface area contributed by atoms with Crippen LogP contribution in [0.25, 0.3) is 0 Å². The van der Waals surface area contributed by atoms with E-state index < -0.39 is 0 Å². The number of furan rings is 1. The van der Waals surface area contributed by atoms with Crippen molar-refractivity contribution in [3.63, 3.8) is 0 Å². The van der Waals surface area contributed by atoms with Gasteiger partial charge in [-0.3, -0.25) is 0 Å². The average molecular weight is 343 g/mol. The Labute approximate surface area is 149 Å². The van der Waals surface area contributed by atoms with Crippen molar-refractivity contribution in [2.24, 2.45) is 5.92 Å². The number of hydrogen-bond donors (Lipinski definition) is 0. The van der Waals surface area contributed by atoms with Crippen molar-refractivity contribution >= 4 is 0 Å². The fourth-order valence-corrected chi connectivity index (χ4v) is 3.76. The summed E-state index contributed by atoms with van der Waals surface area (Å²) >= 11 is 0. The number of piperidine rings is 1. The van der Waals surface area contributed by atoms with E-state index >= 15 is 0 Å². The van der Waals surface area contributed by atoms with E-state index in [9.17, 15) is 0 Å². The SMILES string of the molecule is Cc1ccc([C@@H](C)CCN2CCC(Cc3noc(C4CC4)n3)CC2)o1. The molecule has 0 N–H and O–H groups in total. The quantitative estimate of drug-likeness (QED) is 0.750. The molecule has 5 heteroatoms. The Morgan fingerprint density at radius 1 is 1.20 bits per heavy atom. The van der Waals surface area contributed by atoms with Gasteiger partial charge in [-0.05, 0) is 76.7 Å². The summed E-state index contributed by atoms with van der Waals surface area (Å²) in [6, 6.07) is 4.18. The first-order valence-electron chi connectivity index (χ1n) is 9.78. The van der Waals surface area contributed by atoms with E-state index in [2.05, 4.69) is 34.1 Å². The zero-order valence-electron chi connectivity index (χ0n) is 15.4. The summed E-state index contributed by atoms with van der Waals surface area (Å²) in [7, 11) is 0. The predicted molar refractivity (Wildman–Crippen MR) is 95.6 cm³/mol. The molecule has 25 heavy (non-hydrogen) atoms. The van der Waals surface area contributed by atoms with Crippen LogP contribution in [-0.2, 0) is 6.42 Å². The first-order chi connectivity index (χ1) is 12.2. The summed E-state index contributed by atoms with van der Waals surface area (Å²) in [6.45, 7) is 7.79. The third kappa shape index (κ3) is 4.32. The van der Waals surface area contributed by atoms with Gasteiger partial charge in [0.25, 0.3) is 0 Å². The molecule has 1 atom stereocenters. The van der Waals surface area contributed by atoms with E-state index in [1.165, 1.54) is 38.8 Å². The minimum absolute atomic E-state index is 0.492. The number of nitrogens with zero attached hydrogens (tertiary/aromatic N) is 3. The molecule has 4 rings (SSSR count). The topological polar surface area (TPSA) is 55.3 Å². The maximum atomic E-state index is 5.75. The van der Waals surface area contributed by atoms with Crippen LogP contribution < -0.4 is 0 Å². The summed E-state index contributed by atoms with van der Waals surface area (Å²) in [4.78, 5) is 7.17. The van der Waals surface area contributed by atoms with E-state index in [0.717, 1.165) is 42.6 Å². The Hall–Kier alpha value is -1.62. The molecule has 136 valence electrons. The van der Waals surface area contributed by atoms with Crippen LogP contribution in [0, 0.1) is 12.8 Å². The molecule has 2 aromatic rings. The lowest BCUT2D eigenvalue weighted by molar-refractivity contribution is 0.176. The molecule has 2 aliphatic rings. The zero-order valence-corrected chi connectivity index (χ0v) is 15.4. The van der Waals surface area contributed by atoms with E-state index in [0.29, 0.717) is 17.8 Å². The molecular formula is C20H29N3O2. The second-order valence-corrected chi connectivity index (χ2v) is 7.95. The molecule has 1 aliphatic carbocycles. The maximum absolute atomic E-state index is 5.75. The predicted octanol–water partition coefficient (Wildman–Crippen LogP) is 4.30. The minimum atomic E-state index is 0.492. The highest BCUT2D eigenvalue weighted by molar-refractivity contribution is 5.09. The van der Waals surface area contributed by atoms with Crippen LogP contribution in [0.2, 0.25) is 0 Å². The van der Waals surface area contributed by atoms with Gasteiger partial charge in [0, 0.05) is 18.3 Å². The van der Waals surface area contributed by atoms with Crippen LogP contribution in [-0.4, -0.2) is 34.7 Å². The van der Waals surface area contributed by atoms with Crippen LogP contribution in [0.4, 0.5) is 0 Å². The third-order valence-corrected chi connectivity index (χ3v) is 5.71. The monoisotopic (exact) mass is 343 g/mol. The average Bonchev–Trinajstić information content (AvgIpc) is 3.21. The summed E-state index contributed by atoms with van der Waals surface area (Å²) in [5.74, 6) is 5.67. The lowest BCUT2D eigenvalue weighted by atomic mass is 9.93. The number of likely N-dealkylation sites (tertiary alicyclic amines) is 1. The van der Waals surface area contributed by atoms with Gasteiger partial charge in [0.05, 0.1) is 0 Å². The normalized spacial score (nSPS) is 20.9. The zero-order chi connectivity index (χ0) is 17.2. The molecule has 5 nitrogen and oxygen atoms in total. The Bertz CT molecular complexity index is 681. The lowest BCUT2D eigenvalue weighted by Gasteiger charge is -2.32. The molecule has 0 radical (unpaired) electrons. The van der Waals surface area contributed by atoms with Gasteiger partial charge < -0.3 is 13.8 Å². The second kappa shape index (κ2) is 7.32. The molecule has 0 spiro atoms. The first-order valence-corrected chi connectivity index (χ1v) is 9.78. The molecule has 3 heterocycles. The van der Waals surface area contributed by atoms with Crippen molar-refractivity contribution in [1.82, 2.24) is 15.0 Å². The van der Waals surface area contributed by atoms with Crippen LogP contribution in [0.3, 0.4) is 0 Å². The van der Waals surface area contributed by atoms with Crippen LogP contribution in [0.1, 0.15) is 74.1 Å². The molecule has 2 aromatic heterocycles. The molecule has 1 saturated heterocycles. The molecular weight excluding hydrogens is 314 g/mol. The van der Waals surface area contributed by atoms with Crippen molar-refractivity contribution in [3.8, 4) is 0 Å². The number of hydrogen-bond acceptors (Lipinski definition) is 5. The van der Waals surface area contributed by atoms with Gasteiger partial charge in [-0.2, -0.15) is 4.98 Å². The van der Waals surface area contributed by atoms with E-state index in [1.54, 1.807) is 0 Å². The number of rotatable bonds is 7.